The van der Waals surface area contributed by atoms with E-state index in [-0.39, 0.29) is 17.6 Å². The third-order valence-electron chi connectivity index (χ3n) is 4.77. The van der Waals surface area contributed by atoms with Gasteiger partial charge in [0.05, 0.1) is 4.20 Å². The summed E-state index contributed by atoms with van der Waals surface area (Å²) in [5, 5.41) is 10.9. The second kappa shape index (κ2) is 7.60. The summed E-state index contributed by atoms with van der Waals surface area (Å²) >= 11 is 7.38. The highest BCUT2D eigenvalue weighted by molar-refractivity contribution is 8.23. The van der Waals surface area contributed by atoms with E-state index in [1.54, 1.807) is 11.8 Å². The summed E-state index contributed by atoms with van der Waals surface area (Å²) in [4.78, 5) is 0. The van der Waals surface area contributed by atoms with Crippen LogP contribution < -0.4 is 9.47 Å². The van der Waals surface area contributed by atoms with Crippen molar-refractivity contribution in [2.24, 2.45) is 0 Å². The van der Waals surface area contributed by atoms with E-state index in [4.69, 9.17) is 21.7 Å². The topological polar surface area (TPSA) is 38.7 Å². The number of hydrogen-bond donors (Lipinski definition) is 1. The molecule has 3 rings (SSSR count). The summed E-state index contributed by atoms with van der Waals surface area (Å²) < 4.78 is 11.7. The molecule has 0 amide bonds. The molecule has 5 heteroatoms. The normalized spacial score (nSPS) is 13.6. The van der Waals surface area contributed by atoms with E-state index in [2.05, 4.69) is 41.5 Å². The fourth-order valence-corrected chi connectivity index (χ4v) is 4.22. The van der Waals surface area contributed by atoms with Crippen LogP contribution in [0.3, 0.4) is 0 Å². The second-order valence-electron chi connectivity index (χ2n) is 9.18. The van der Waals surface area contributed by atoms with Crippen LogP contribution in [0.25, 0.3) is 0 Å². The minimum atomic E-state index is -0.169. The molecule has 0 spiro atoms. The van der Waals surface area contributed by atoms with Crippen LogP contribution >= 0.6 is 24.0 Å². The molecule has 1 aliphatic heterocycles. The van der Waals surface area contributed by atoms with Crippen LogP contribution in [-0.2, 0) is 16.6 Å². The highest BCUT2D eigenvalue weighted by Crippen LogP contribution is 2.41. The first kappa shape index (κ1) is 21.0. The maximum Gasteiger partial charge on any atom is 0.231 e. The Morgan fingerprint density at radius 2 is 1.54 bits per heavy atom. The molecule has 1 N–H and O–H groups in total. The van der Waals surface area contributed by atoms with Crippen molar-refractivity contribution in [3.05, 3.63) is 52.6 Å². The Hall–Kier alpha value is -1.72. The van der Waals surface area contributed by atoms with Crippen LogP contribution in [0.1, 0.15) is 63.8 Å². The molecule has 0 atom stereocenters. The first-order chi connectivity index (χ1) is 13.0. The number of hydrogen-bond acceptors (Lipinski definition) is 5. The minimum Gasteiger partial charge on any atom is -0.507 e. The SMILES string of the molecule is CC(C)(C)c1cc(C(=S)SCc2ccc3c(c2)OCO3)cc(C(C)(C)C)c1O. The monoisotopic (exact) mass is 416 g/mol. The van der Waals surface area contributed by atoms with Gasteiger partial charge in [-0.05, 0) is 46.2 Å². The Bertz CT molecular complexity index is 870. The molecule has 150 valence electrons. The van der Waals surface area contributed by atoms with E-state index < -0.39 is 0 Å². The van der Waals surface area contributed by atoms with E-state index in [0.29, 0.717) is 5.75 Å². The zero-order valence-electron chi connectivity index (χ0n) is 17.4. The Morgan fingerprint density at radius 3 is 2.11 bits per heavy atom. The fourth-order valence-electron chi connectivity index (χ4n) is 3.16. The molecule has 2 aromatic carbocycles. The van der Waals surface area contributed by atoms with Crippen molar-refractivity contribution in [3.63, 3.8) is 0 Å². The van der Waals surface area contributed by atoms with Gasteiger partial charge in [0.2, 0.25) is 6.79 Å². The van der Waals surface area contributed by atoms with Crippen molar-refractivity contribution in [2.75, 3.05) is 6.79 Å². The number of phenolic OH excluding ortho intramolecular Hbond substituents is 1. The maximum absolute atomic E-state index is 10.9. The number of ether oxygens (including phenoxy) is 2. The number of benzene rings is 2. The van der Waals surface area contributed by atoms with Gasteiger partial charge < -0.3 is 14.6 Å². The molecule has 0 saturated carbocycles. The number of phenols is 1. The summed E-state index contributed by atoms with van der Waals surface area (Å²) in [6, 6.07) is 10.1. The Labute approximate surface area is 177 Å². The van der Waals surface area contributed by atoms with Gasteiger partial charge in [0.15, 0.2) is 11.5 Å². The van der Waals surface area contributed by atoms with Crippen LogP contribution in [-0.4, -0.2) is 16.1 Å². The molecule has 3 nitrogen and oxygen atoms in total. The average molecular weight is 417 g/mol. The molecule has 0 aromatic heterocycles. The van der Waals surface area contributed by atoms with Gasteiger partial charge >= 0.3 is 0 Å². The molecular weight excluding hydrogens is 388 g/mol. The van der Waals surface area contributed by atoms with E-state index in [1.165, 1.54) is 0 Å². The van der Waals surface area contributed by atoms with Crippen molar-refractivity contribution in [1.82, 2.24) is 0 Å². The van der Waals surface area contributed by atoms with Crippen molar-refractivity contribution < 1.29 is 14.6 Å². The lowest BCUT2D eigenvalue weighted by Crippen LogP contribution is -2.18. The molecule has 0 bridgehead atoms. The summed E-state index contributed by atoms with van der Waals surface area (Å²) in [5.41, 5.74) is 3.66. The molecule has 0 fully saturated rings. The highest BCUT2D eigenvalue weighted by atomic mass is 32.2. The summed E-state index contributed by atoms with van der Waals surface area (Å²) in [6.45, 7) is 13.0. The van der Waals surface area contributed by atoms with Crippen molar-refractivity contribution in [1.29, 1.82) is 0 Å². The summed E-state index contributed by atoms with van der Waals surface area (Å²) in [5.74, 6) is 2.72. The predicted octanol–water partition coefficient (Wildman–Crippen LogP) is 6.32. The molecule has 1 heterocycles. The Balaban J connectivity index is 1.86. The van der Waals surface area contributed by atoms with E-state index in [1.807, 2.05) is 30.3 Å². The summed E-state index contributed by atoms with van der Waals surface area (Å²) in [6.07, 6.45) is 0. The summed E-state index contributed by atoms with van der Waals surface area (Å²) in [7, 11) is 0. The van der Waals surface area contributed by atoms with Gasteiger partial charge in [-0.3, -0.25) is 0 Å². The Morgan fingerprint density at radius 1 is 0.964 bits per heavy atom. The van der Waals surface area contributed by atoms with E-state index in [0.717, 1.165) is 43.7 Å². The maximum atomic E-state index is 10.9. The van der Waals surface area contributed by atoms with E-state index in [9.17, 15) is 5.11 Å². The molecule has 0 unspecified atom stereocenters. The van der Waals surface area contributed by atoms with Crippen LogP contribution in [0.5, 0.6) is 17.2 Å². The quantitative estimate of drug-likeness (QED) is 0.592. The minimum absolute atomic E-state index is 0.169. The largest absolute Gasteiger partial charge is 0.507 e. The first-order valence-electron chi connectivity index (χ1n) is 9.40. The molecule has 28 heavy (non-hydrogen) atoms. The van der Waals surface area contributed by atoms with Gasteiger partial charge in [-0.15, -0.1) is 11.8 Å². The lowest BCUT2D eigenvalue weighted by Gasteiger charge is -2.28. The van der Waals surface area contributed by atoms with Gasteiger partial charge in [0.25, 0.3) is 0 Å². The standard InChI is InChI=1S/C23H28O3S2/c1-22(2,3)16-10-15(11-17(20(16)24)23(4,5)6)21(27)28-12-14-7-8-18-19(9-14)26-13-25-18/h7-11,24H,12-13H2,1-6H3. The zero-order chi connectivity index (χ0) is 20.7. The molecular formula is C23H28O3S2. The number of thiocarbonyl (C=S) groups is 1. The van der Waals surface area contributed by atoms with Crippen LogP contribution in [0, 0.1) is 0 Å². The van der Waals surface area contributed by atoms with Gasteiger partial charge in [0, 0.05) is 16.9 Å². The van der Waals surface area contributed by atoms with Gasteiger partial charge in [-0.2, -0.15) is 0 Å². The number of fused-ring (bicyclic) bond motifs is 1. The highest BCUT2D eigenvalue weighted by Gasteiger charge is 2.27. The first-order valence-corrected chi connectivity index (χ1v) is 10.8. The zero-order valence-corrected chi connectivity index (χ0v) is 19.0. The fraction of sp³-hybridized carbons (Fsp3) is 0.435. The molecule has 2 aromatic rings. The molecule has 0 aliphatic carbocycles. The lowest BCUT2D eigenvalue weighted by atomic mass is 9.78. The van der Waals surface area contributed by atoms with E-state index >= 15 is 0 Å². The Kier molecular flexibility index (Phi) is 5.70. The number of rotatable bonds is 3. The second-order valence-corrected chi connectivity index (χ2v) is 10.8. The van der Waals surface area contributed by atoms with Crippen LogP contribution in [0.15, 0.2) is 30.3 Å². The van der Waals surface area contributed by atoms with Crippen molar-refractivity contribution in [3.8, 4) is 17.2 Å². The van der Waals surface area contributed by atoms with Gasteiger partial charge in [-0.25, -0.2) is 0 Å². The lowest BCUT2D eigenvalue weighted by molar-refractivity contribution is 0.174. The predicted molar refractivity (Wildman–Crippen MR) is 121 cm³/mol. The molecule has 0 radical (unpaired) electrons. The third-order valence-corrected chi connectivity index (χ3v) is 6.33. The number of aromatic hydroxyl groups is 1. The van der Waals surface area contributed by atoms with Crippen LogP contribution in [0.2, 0.25) is 0 Å². The van der Waals surface area contributed by atoms with Crippen molar-refractivity contribution in [2.45, 2.75) is 58.1 Å². The van der Waals surface area contributed by atoms with Crippen molar-refractivity contribution >= 4 is 28.2 Å². The molecule has 0 saturated heterocycles. The van der Waals surface area contributed by atoms with Crippen LogP contribution in [0.4, 0.5) is 0 Å². The smallest absolute Gasteiger partial charge is 0.231 e. The van der Waals surface area contributed by atoms with Gasteiger partial charge in [-0.1, -0.05) is 59.8 Å². The van der Waals surface area contributed by atoms with Gasteiger partial charge in [0.1, 0.15) is 5.75 Å². The third kappa shape index (κ3) is 4.47. The molecule has 1 aliphatic rings. The average Bonchev–Trinajstić information content (AvgIpc) is 3.05. The number of thioether (sulfide) groups is 1.